The maximum Gasteiger partial charge on any atom is 0.0597 e. The number of hydrogen-bond acceptors (Lipinski definition) is 2. The van der Waals surface area contributed by atoms with Gasteiger partial charge < -0.3 is 10.2 Å². The van der Waals surface area contributed by atoms with Crippen LogP contribution < -0.4 is 10.2 Å². The minimum atomic E-state index is 0.649. The van der Waals surface area contributed by atoms with Crippen LogP contribution in [0.3, 0.4) is 0 Å². The van der Waals surface area contributed by atoms with E-state index >= 15 is 0 Å². The van der Waals surface area contributed by atoms with Gasteiger partial charge in [0.05, 0.1) is 11.4 Å². The fraction of sp³-hybridized carbons (Fsp3) is 0.200. The Morgan fingerprint density at radius 3 is 2.30 bits per heavy atom. The summed E-state index contributed by atoms with van der Waals surface area (Å²) in [4.78, 5) is 2.07. The van der Waals surface area contributed by atoms with Gasteiger partial charge in [-0.1, -0.05) is 39.1 Å². The first-order valence-electron chi connectivity index (χ1n) is 6.11. The van der Waals surface area contributed by atoms with E-state index in [0.717, 1.165) is 21.4 Å². The smallest absolute Gasteiger partial charge is 0.0597 e. The Bertz CT molecular complexity index is 595. The monoisotopic (exact) mass is 372 g/mol. The molecule has 0 spiro atoms. The average Bonchev–Trinajstić information content (AvgIpc) is 2.35. The van der Waals surface area contributed by atoms with Crippen LogP contribution in [0.25, 0.3) is 0 Å². The van der Waals surface area contributed by atoms with Crippen LogP contribution in [0.1, 0.15) is 5.56 Å². The van der Waals surface area contributed by atoms with Gasteiger partial charge in [-0.05, 0) is 42.0 Å². The van der Waals surface area contributed by atoms with E-state index in [4.69, 9.17) is 23.2 Å². The molecule has 0 saturated heterocycles. The van der Waals surface area contributed by atoms with Crippen molar-refractivity contribution in [3.63, 3.8) is 0 Å². The molecular formula is C15H15BrCl2N2. The Kier molecular flexibility index (Phi) is 5.19. The summed E-state index contributed by atoms with van der Waals surface area (Å²) >= 11 is 15.5. The molecule has 5 heteroatoms. The first-order chi connectivity index (χ1) is 9.45. The molecule has 2 nitrogen and oxygen atoms in total. The molecule has 106 valence electrons. The van der Waals surface area contributed by atoms with Crippen molar-refractivity contribution in [2.24, 2.45) is 0 Å². The molecule has 0 amide bonds. The summed E-state index contributed by atoms with van der Waals surface area (Å²) in [7, 11) is 4.04. The highest BCUT2D eigenvalue weighted by atomic mass is 79.9. The molecule has 0 bridgehead atoms. The van der Waals surface area contributed by atoms with Gasteiger partial charge in [-0.15, -0.1) is 0 Å². The van der Waals surface area contributed by atoms with Crippen LogP contribution in [-0.4, -0.2) is 14.1 Å². The van der Waals surface area contributed by atoms with Gasteiger partial charge in [0.15, 0.2) is 0 Å². The predicted molar refractivity (Wildman–Crippen MR) is 92.3 cm³/mol. The zero-order valence-corrected chi connectivity index (χ0v) is 14.4. The molecule has 1 N–H and O–H groups in total. The van der Waals surface area contributed by atoms with Crippen LogP contribution in [0.5, 0.6) is 0 Å². The van der Waals surface area contributed by atoms with Crippen molar-refractivity contribution in [1.29, 1.82) is 0 Å². The van der Waals surface area contributed by atoms with Crippen molar-refractivity contribution >= 4 is 50.5 Å². The standard InChI is InChI=1S/C15H15BrCl2N2/c1-20(2)15-4-3-11(16)7-14(15)19-9-10-5-12(17)8-13(18)6-10/h3-8,19H,9H2,1-2H3. The third kappa shape index (κ3) is 4.05. The van der Waals surface area contributed by atoms with Gasteiger partial charge in [0.2, 0.25) is 0 Å². The van der Waals surface area contributed by atoms with Gasteiger partial charge in [0.25, 0.3) is 0 Å². The Morgan fingerprint density at radius 1 is 1.05 bits per heavy atom. The molecule has 2 aromatic rings. The van der Waals surface area contributed by atoms with E-state index in [1.807, 2.05) is 32.3 Å². The van der Waals surface area contributed by atoms with Crippen LogP contribution >= 0.6 is 39.1 Å². The molecule has 0 saturated carbocycles. The van der Waals surface area contributed by atoms with E-state index in [1.165, 1.54) is 0 Å². The van der Waals surface area contributed by atoms with Crippen molar-refractivity contribution in [2.45, 2.75) is 6.54 Å². The molecule has 2 rings (SSSR count). The van der Waals surface area contributed by atoms with E-state index < -0.39 is 0 Å². The number of nitrogens with zero attached hydrogens (tertiary/aromatic N) is 1. The van der Waals surface area contributed by atoms with Crippen LogP contribution in [-0.2, 0) is 6.54 Å². The Labute approximate surface area is 137 Å². The Morgan fingerprint density at radius 2 is 1.70 bits per heavy atom. The first kappa shape index (κ1) is 15.5. The van der Waals surface area contributed by atoms with Crippen molar-refractivity contribution in [1.82, 2.24) is 0 Å². The number of benzene rings is 2. The second kappa shape index (κ2) is 6.70. The Balaban J connectivity index is 2.20. The SMILES string of the molecule is CN(C)c1ccc(Br)cc1NCc1cc(Cl)cc(Cl)c1. The molecule has 0 atom stereocenters. The zero-order chi connectivity index (χ0) is 14.7. The first-order valence-corrected chi connectivity index (χ1v) is 7.66. The molecule has 0 aliphatic carbocycles. The summed E-state index contributed by atoms with van der Waals surface area (Å²) in [6, 6.07) is 11.7. The fourth-order valence-electron chi connectivity index (χ4n) is 1.95. The van der Waals surface area contributed by atoms with Crippen LogP contribution in [0.15, 0.2) is 40.9 Å². The van der Waals surface area contributed by atoms with Crippen LogP contribution in [0.4, 0.5) is 11.4 Å². The molecule has 0 radical (unpaired) electrons. The predicted octanol–water partition coefficient (Wildman–Crippen LogP) is 5.43. The van der Waals surface area contributed by atoms with E-state index in [1.54, 1.807) is 6.07 Å². The number of rotatable bonds is 4. The van der Waals surface area contributed by atoms with E-state index in [0.29, 0.717) is 16.6 Å². The zero-order valence-electron chi connectivity index (χ0n) is 11.3. The molecule has 2 aromatic carbocycles. The van der Waals surface area contributed by atoms with E-state index in [2.05, 4.69) is 38.3 Å². The number of anilines is 2. The summed E-state index contributed by atoms with van der Waals surface area (Å²) in [6.45, 7) is 0.664. The maximum atomic E-state index is 6.01. The van der Waals surface area contributed by atoms with Gasteiger partial charge in [-0.25, -0.2) is 0 Å². The largest absolute Gasteiger partial charge is 0.379 e. The quantitative estimate of drug-likeness (QED) is 0.768. The van der Waals surface area contributed by atoms with Crippen molar-refractivity contribution in [3.8, 4) is 0 Å². The normalized spacial score (nSPS) is 10.4. The molecular weight excluding hydrogens is 359 g/mol. The van der Waals surface area contributed by atoms with Crippen molar-refractivity contribution < 1.29 is 0 Å². The van der Waals surface area contributed by atoms with Gasteiger partial charge in [-0.2, -0.15) is 0 Å². The van der Waals surface area contributed by atoms with E-state index in [-0.39, 0.29) is 0 Å². The third-order valence-corrected chi connectivity index (χ3v) is 3.78. The second-order valence-corrected chi connectivity index (χ2v) is 6.48. The van der Waals surface area contributed by atoms with Gasteiger partial charge >= 0.3 is 0 Å². The summed E-state index contributed by atoms with van der Waals surface area (Å²) in [5, 5.41) is 4.72. The van der Waals surface area contributed by atoms with Crippen LogP contribution in [0.2, 0.25) is 10.0 Å². The topological polar surface area (TPSA) is 15.3 Å². The maximum absolute atomic E-state index is 6.01. The summed E-state index contributed by atoms with van der Waals surface area (Å²) in [5.74, 6) is 0. The number of nitrogens with one attached hydrogen (secondary N) is 1. The van der Waals surface area contributed by atoms with Crippen molar-refractivity contribution in [3.05, 3.63) is 56.5 Å². The summed E-state index contributed by atoms with van der Waals surface area (Å²) < 4.78 is 1.04. The van der Waals surface area contributed by atoms with E-state index in [9.17, 15) is 0 Å². The number of halogens is 3. The summed E-state index contributed by atoms with van der Waals surface area (Å²) in [5.41, 5.74) is 3.23. The second-order valence-electron chi connectivity index (χ2n) is 4.69. The molecule has 20 heavy (non-hydrogen) atoms. The van der Waals surface area contributed by atoms with Gasteiger partial charge in [-0.3, -0.25) is 0 Å². The highest BCUT2D eigenvalue weighted by molar-refractivity contribution is 9.10. The third-order valence-electron chi connectivity index (χ3n) is 2.85. The minimum Gasteiger partial charge on any atom is -0.379 e. The summed E-state index contributed by atoms with van der Waals surface area (Å²) in [6.07, 6.45) is 0. The molecule has 0 heterocycles. The lowest BCUT2D eigenvalue weighted by atomic mass is 10.2. The average molecular weight is 374 g/mol. The highest BCUT2D eigenvalue weighted by Crippen LogP contribution is 2.29. The molecule has 0 fully saturated rings. The fourth-order valence-corrected chi connectivity index (χ4v) is 2.88. The number of hydrogen-bond donors (Lipinski definition) is 1. The molecule has 0 aromatic heterocycles. The van der Waals surface area contributed by atoms with Gasteiger partial charge in [0, 0.05) is 35.2 Å². The van der Waals surface area contributed by atoms with Gasteiger partial charge in [0.1, 0.15) is 0 Å². The minimum absolute atomic E-state index is 0.649. The lowest BCUT2D eigenvalue weighted by Crippen LogP contribution is -2.12. The van der Waals surface area contributed by atoms with Crippen LogP contribution in [0, 0.1) is 0 Å². The van der Waals surface area contributed by atoms with Crippen molar-refractivity contribution in [2.75, 3.05) is 24.3 Å². The molecule has 0 unspecified atom stereocenters. The highest BCUT2D eigenvalue weighted by Gasteiger charge is 2.06. The molecule has 0 aliphatic rings. The molecule has 0 aliphatic heterocycles. The lowest BCUT2D eigenvalue weighted by Gasteiger charge is -2.19. The Hall–Kier alpha value is -0.900. The lowest BCUT2D eigenvalue weighted by molar-refractivity contribution is 1.10.